The summed E-state index contributed by atoms with van der Waals surface area (Å²) in [4.78, 5) is 2.32. The van der Waals surface area contributed by atoms with Gasteiger partial charge in [-0.1, -0.05) is 33.3 Å². The van der Waals surface area contributed by atoms with Gasteiger partial charge in [0.2, 0.25) is 0 Å². The van der Waals surface area contributed by atoms with Gasteiger partial charge in [0.1, 0.15) is 5.82 Å². The summed E-state index contributed by atoms with van der Waals surface area (Å²) in [6.45, 7) is 9.19. The number of halogens is 4. The summed E-state index contributed by atoms with van der Waals surface area (Å²) in [6, 6.07) is 3.41. The second kappa shape index (κ2) is 9.26. The summed E-state index contributed by atoms with van der Waals surface area (Å²) >= 11 is 0. The standard InChI is InChI=1S/C15H19F4N.C3H8/c1-2-7-20-8-5-11(6-9-20)12-3-4-14(16)13(10-12)15(17,18)19;1-3-2/h3-4,10-11H,2,5-9H2,1H3;3H2,1-2H3. The Labute approximate surface area is 136 Å². The lowest BCUT2D eigenvalue weighted by Gasteiger charge is -2.32. The molecule has 0 spiro atoms. The molecule has 1 saturated heterocycles. The molecule has 1 aliphatic rings. The maximum absolute atomic E-state index is 13.3. The first-order valence-electron chi connectivity index (χ1n) is 8.42. The molecule has 5 heteroatoms. The van der Waals surface area contributed by atoms with Gasteiger partial charge in [-0.3, -0.25) is 0 Å². The van der Waals surface area contributed by atoms with Crippen LogP contribution in [0.2, 0.25) is 0 Å². The van der Waals surface area contributed by atoms with Crippen molar-refractivity contribution >= 4 is 0 Å². The fourth-order valence-corrected chi connectivity index (χ4v) is 2.82. The van der Waals surface area contributed by atoms with Gasteiger partial charge in [-0.05, 0) is 62.5 Å². The normalized spacial score (nSPS) is 16.8. The van der Waals surface area contributed by atoms with Crippen LogP contribution >= 0.6 is 0 Å². The van der Waals surface area contributed by atoms with Crippen LogP contribution in [0.3, 0.4) is 0 Å². The number of hydrogen-bond donors (Lipinski definition) is 0. The quantitative estimate of drug-likeness (QED) is 0.627. The van der Waals surface area contributed by atoms with Gasteiger partial charge in [0.15, 0.2) is 0 Å². The molecule has 0 amide bonds. The summed E-state index contributed by atoms with van der Waals surface area (Å²) in [5, 5.41) is 0. The van der Waals surface area contributed by atoms with Crippen molar-refractivity contribution in [1.82, 2.24) is 4.90 Å². The van der Waals surface area contributed by atoms with Crippen LogP contribution in [-0.4, -0.2) is 24.5 Å². The summed E-state index contributed by atoms with van der Waals surface area (Å²) in [6.07, 6.45) is -0.617. The first-order valence-corrected chi connectivity index (χ1v) is 8.42. The van der Waals surface area contributed by atoms with Crippen molar-refractivity contribution in [1.29, 1.82) is 0 Å². The largest absolute Gasteiger partial charge is 0.419 e. The molecule has 1 aliphatic heterocycles. The lowest BCUT2D eigenvalue weighted by Crippen LogP contribution is -2.33. The second-order valence-corrected chi connectivity index (χ2v) is 6.06. The summed E-state index contributed by atoms with van der Waals surface area (Å²) in [7, 11) is 0. The zero-order chi connectivity index (χ0) is 17.5. The molecule has 0 radical (unpaired) electrons. The predicted molar refractivity (Wildman–Crippen MR) is 86.1 cm³/mol. The van der Waals surface area contributed by atoms with E-state index in [1.165, 1.54) is 12.5 Å². The third-order valence-corrected chi connectivity index (χ3v) is 3.89. The molecule has 1 aromatic rings. The number of alkyl halides is 3. The molecule has 0 N–H and O–H groups in total. The van der Waals surface area contributed by atoms with E-state index in [1.54, 1.807) is 0 Å². The average molecular weight is 333 g/mol. The van der Waals surface area contributed by atoms with Crippen LogP contribution in [0.1, 0.15) is 63.5 Å². The molecule has 0 aromatic heterocycles. The highest BCUT2D eigenvalue weighted by atomic mass is 19.4. The highest BCUT2D eigenvalue weighted by Gasteiger charge is 2.35. The Morgan fingerprint density at radius 3 is 2.13 bits per heavy atom. The van der Waals surface area contributed by atoms with Crippen molar-refractivity contribution in [3.63, 3.8) is 0 Å². The first-order chi connectivity index (χ1) is 10.8. The number of piperidine rings is 1. The number of rotatable bonds is 3. The van der Waals surface area contributed by atoms with Crippen LogP contribution in [-0.2, 0) is 6.18 Å². The molecule has 0 saturated carbocycles. The van der Waals surface area contributed by atoms with Gasteiger partial charge in [-0.15, -0.1) is 0 Å². The van der Waals surface area contributed by atoms with E-state index in [-0.39, 0.29) is 5.92 Å². The minimum absolute atomic E-state index is 0.102. The van der Waals surface area contributed by atoms with Gasteiger partial charge < -0.3 is 4.90 Å². The molecule has 0 atom stereocenters. The van der Waals surface area contributed by atoms with E-state index < -0.39 is 17.6 Å². The molecule has 1 nitrogen and oxygen atoms in total. The van der Waals surface area contributed by atoms with E-state index in [1.807, 2.05) is 0 Å². The van der Waals surface area contributed by atoms with Crippen molar-refractivity contribution in [2.45, 2.75) is 58.5 Å². The minimum atomic E-state index is -4.62. The van der Waals surface area contributed by atoms with Gasteiger partial charge in [0.05, 0.1) is 5.56 Å². The van der Waals surface area contributed by atoms with Gasteiger partial charge in [0.25, 0.3) is 0 Å². The van der Waals surface area contributed by atoms with Crippen molar-refractivity contribution in [2.75, 3.05) is 19.6 Å². The van der Waals surface area contributed by atoms with E-state index >= 15 is 0 Å². The number of nitrogens with zero attached hydrogens (tertiary/aromatic N) is 1. The molecule has 1 aromatic carbocycles. The Hall–Kier alpha value is -1.10. The van der Waals surface area contributed by atoms with Crippen molar-refractivity contribution < 1.29 is 17.6 Å². The van der Waals surface area contributed by atoms with Gasteiger partial charge in [-0.25, -0.2) is 4.39 Å². The Morgan fingerprint density at radius 2 is 1.65 bits per heavy atom. The fourth-order valence-electron chi connectivity index (χ4n) is 2.82. The predicted octanol–water partition coefficient (Wildman–Crippen LogP) is 5.85. The maximum atomic E-state index is 13.3. The zero-order valence-electron chi connectivity index (χ0n) is 14.2. The van der Waals surface area contributed by atoms with E-state index in [4.69, 9.17) is 0 Å². The highest BCUT2D eigenvalue weighted by Crippen LogP contribution is 2.35. The molecule has 23 heavy (non-hydrogen) atoms. The minimum Gasteiger partial charge on any atom is -0.303 e. The number of hydrogen-bond acceptors (Lipinski definition) is 1. The van der Waals surface area contributed by atoms with Gasteiger partial charge >= 0.3 is 6.18 Å². The summed E-state index contributed by atoms with van der Waals surface area (Å²) < 4.78 is 51.4. The Bertz CT molecular complexity index is 463. The molecule has 1 heterocycles. The van der Waals surface area contributed by atoms with Crippen LogP contribution in [0.15, 0.2) is 18.2 Å². The van der Waals surface area contributed by atoms with Gasteiger partial charge in [0, 0.05) is 0 Å². The van der Waals surface area contributed by atoms with Crippen molar-refractivity contribution in [2.24, 2.45) is 0 Å². The molecule has 2 rings (SSSR count). The topological polar surface area (TPSA) is 3.24 Å². The molecule has 132 valence electrons. The third-order valence-electron chi connectivity index (χ3n) is 3.89. The Balaban J connectivity index is 0.000000816. The molecular formula is C18H27F4N. The SMILES string of the molecule is CCC.CCCN1CCC(c2ccc(F)c(C(F)(F)F)c2)CC1. The first kappa shape index (κ1) is 19.9. The average Bonchev–Trinajstić information content (AvgIpc) is 2.49. The van der Waals surface area contributed by atoms with Crippen LogP contribution in [0.25, 0.3) is 0 Å². The Morgan fingerprint density at radius 1 is 1.09 bits per heavy atom. The Kier molecular flexibility index (Phi) is 8.03. The second-order valence-electron chi connectivity index (χ2n) is 6.06. The smallest absolute Gasteiger partial charge is 0.303 e. The molecular weight excluding hydrogens is 306 g/mol. The number of benzene rings is 1. The lowest BCUT2D eigenvalue weighted by atomic mass is 9.88. The number of likely N-dealkylation sites (tertiary alicyclic amines) is 1. The van der Waals surface area contributed by atoms with Crippen LogP contribution in [0, 0.1) is 5.82 Å². The highest BCUT2D eigenvalue weighted by molar-refractivity contribution is 5.30. The fraction of sp³-hybridized carbons (Fsp3) is 0.667. The van der Waals surface area contributed by atoms with E-state index in [9.17, 15) is 17.6 Å². The van der Waals surface area contributed by atoms with Crippen molar-refractivity contribution in [3.8, 4) is 0 Å². The molecule has 0 aliphatic carbocycles. The third kappa shape index (κ3) is 6.13. The zero-order valence-corrected chi connectivity index (χ0v) is 14.2. The van der Waals surface area contributed by atoms with Crippen molar-refractivity contribution in [3.05, 3.63) is 35.1 Å². The monoisotopic (exact) mass is 333 g/mol. The van der Waals surface area contributed by atoms with Gasteiger partial charge in [-0.2, -0.15) is 13.2 Å². The summed E-state index contributed by atoms with van der Waals surface area (Å²) in [5.41, 5.74) is -0.541. The van der Waals surface area contributed by atoms with E-state index in [2.05, 4.69) is 25.7 Å². The molecule has 0 bridgehead atoms. The van der Waals surface area contributed by atoms with Crippen LogP contribution in [0.4, 0.5) is 17.6 Å². The maximum Gasteiger partial charge on any atom is 0.419 e. The molecule has 0 unspecified atom stereocenters. The molecule has 1 fully saturated rings. The summed E-state index contributed by atoms with van der Waals surface area (Å²) in [5.74, 6) is -1.09. The van der Waals surface area contributed by atoms with E-state index in [0.29, 0.717) is 5.56 Å². The van der Waals surface area contributed by atoms with E-state index in [0.717, 1.165) is 51.0 Å². The lowest BCUT2D eigenvalue weighted by molar-refractivity contribution is -0.140. The van der Waals surface area contributed by atoms with Crippen LogP contribution < -0.4 is 0 Å². The van der Waals surface area contributed by atoms with Crippen LogP contribution in [0.5, 0.6) is 0 Å².